The van der Waals surface area contributed by atoms with Crippen molar-refractivity contribution in [1.29, 1.82) is 0 Å². The first-order chi connectivity index (χ1) is 8.42. The van der Waals surface area contributed by atoms with E-state index in [4.69, 9.17) is 27.9 Å². The normalized spacial score (nSPS) is 11.6. The Bertz CT molecular complexity index is 383. The summed E-state index contributed by atoms with van der Waals surface area (Å²) >= 11 is 11.5. The number of hydrogen-bond donors (Lipinski definition) is 0. The number of ether oxygens (including phenoxy) is 2. The van der Waals surface area contributed by atoms with Gasteiger partial charge in [0.25, 0.3) is 0 Å². The smallest absolute Gasteiger partial charge is 0.411 e. The summed E-state index contributed by atoms with van der Waals surface area (Å²) in [5, 5.41) is 0.520. The molecule has 1 rings (SSSR count). The highest BCUT2D eigenvalue weighted by Gasteiger charge is 2.27. The second kappa shape index (κ2) is 7.07. The van der Waals surface area contributed by atoms with Crippen LogP contribution in [0.1, 0.15) is 5.56 Å². The third kappa shape index (κ3) is 5.80. The molecule has 0 aromatic heterocycles. The molecule has 2 nitrogen and oxygen atoms in total. The van der Waals surface area contributed by atoms with E-state index in [0.717, 1.165) is 0 Å². The van der Waals surface area contributed by atoms with Crippen molar-refractivity contribution in [3.05, 3.63) is 28.8 Å². The largest absolute Gasteiger partial charge is 0.491 e. The quantitative estimate of drug-likeness (QED) is 0.583. The average molecular weight is 303 g/mol. The highest BCUT2D eigenvalue weighted by Crippen LogP contribution is 2.24. The van der Waals surface area contributed by atoms with Gasteiger partial charge in [0.1, 0.15) is 19.0 Å². The molecule has 0 aliphatic heterocycles. The summed E-state index contributed by atoms with van der Waals surface area (Å²) in [5.41, 5.74) is 0.681. The first-order valence-electron chi connectivity index (χ1n) is 5.04. The monoisotopic (exact) mass is 302 g/mol. The van der Waals surface area contributed by atoms with Crippen LogP contribution in [0, 0.1) is 0 Å². The Morgan fingerprint density at radius 1 is 1.17 bits per heavy atom. The van der Waals surface area contributed by atoms with Gasteiger partial charge in [-0.05, 0) is 18.2 Å². The second-order valence-electron chi connectivity index (χ2n) is 3.40. The molecule has 0 amide bonds. The van der Waals surface area contributed by atoms with E-state index in [9.17, 15) is 13.2 Å². The van der Waals surface area contributed by atoms with Gasteiger partial charge in [-0.1, -0.05) is 11.6 Å². The molecule has 0 aliphatic carbocycles. The van der Waals surface area contributed by atoms with Crippen LogP contribution in [0.4, 0.5) is 13.2 Å². The van der Waals surface area contributed by atoms with E-state index in [-0.39, 0.29) is 19.1 Å². The molecular weight excluding hydrogens is 292 g/mol. The van der Waals surface area contributed by atoms with E-state index < -0.39 is 12.8 Å². The molecule has 0 aliphatic rings. The number of rotatable bonds is 6. The predicted octanol–water partition coefficient (Wildman–Crippen LogP) is 4.04. The third-order valence-electron chi connectivity index (χ3n) is 1.92. The third-order valence-corrected chi connectivity index (χ3v) is 2.44. The van der Waals surface area contributed by atoms with Crippen LogP contribution in [-0.4, -0.2) is 26.0 Å². The Hall–Kier alpha value is -0.650. The van der Waals surface area contributed by atoms with Crippen molar-refractivity contribution in [2.45, 2.75) is 12.1 Å². The van der Waals surface area contributed by atoms with Crippen molar-refractivity contribution < 1.29 is 22.6 Å². The Balaban J connectivity index is 2.35. The van der Waals surface area contributed by atoms with Gasteiger partial charge in [-0.15, -0.1) is 11.6 Å². The molecule has 0 unspecified atom stereocenters. The van der Waals surface area contributed by atoms with Gasteiger partial charge in [-0.2, -0.15) is 13.2 Å². The number of alkyl halides is 4. The van der Waals surface area contributed by atoms with Crippen LogP contribution in [0.25, 0.3) is 0 Å². The lowest BCUT2D eigenvalue weighted by atomic mass is 10.2. The van der Waals surface area contributed by atoms with Gasteiger partial charge in [0, 0.05) is 10.6 Å². The number of halogens is 5. The van der Waals surface area contributed by atoms with Crippen molar-refractivity contribution in [2.24, 2.45) is 0 Å². The molecule has 0 saturated carbocycles. The van der Waals surface area contributed by atoms with E-state index in [2.05, 4.69) is 4.74 Å². The molecule has 0 radical (unpaired) electrons. The fourth-order valence-corrected chi connectivity index (χ4v) is 1.60. The van der Waals surface area contributed by atoms with Crippen LogP contribution < -0.4 is 4.74 Å². The zero-order valence-electron chi connectivity index (χ0n) is 9.27. The van der Waals surface area contributed by atoms with Crippen LogP contribution in [0.5, 0.6) is 5.75 Å². The second-order valence-corrected chi connectivity index (χ2v) is 4.11. The summed E-state index contributed by atoms with van der Waals surface area (Å²) < 4.78 is 45.0. The SMILES string of the molecule is FC(F)(F)COCCOc1ccc(Cl)cc1CCl. The fourth-order valence-electron chi connectivity index (χ4n) is 1.19. The van der Waals surface area contributed by atoms with Gasteiger partial charge in [0.15, 0.2) is 0 Å². The predicted molar refractivity (Wildman–Crippen MR) is 63.4 cm³/mol. The summed E-state index contributed by atoms with van der Waals surface area (Å²) in [6.07, 6.45) is -4.32. The molecule has 0 heterocycles. The van der Waals surface area contributed by atoms with E-state index in [0.29, 0.717) is 16.3 Å². The molecule has 0 N–H and O–H groups in total. The Morgan fingerprint density at radius 3 is 2.50 bits per heavy atom. The Kier molecular flexibility index (Phi) is 6.05. The molecule has 18 heavy (non-hydrogen) atoms. The van der Waals surface area contributed by atoms with E-state index in [1.807, 2.05) is 0 Å². The summed E-state index contributed by atoms with van der Waals surface area (Å²) in [6, 6.07) is 4.87. The van der Waals surface area contributed by atoms with Crippen molar-refractivity contribution in [3.8, 4) is 5.75 Å². The number of benzene rings is 1. The molecule has 102 valence electrons. The molecular formula is C11H11Cl2F3O2. The lowest BCUT2D eigenvalue weighted by Gasteiger charge is -2.11. The lowest BCUT2D eigenvalue weighted by Crippen LogP contribution is -2.19. The van der Waals surface area contributed by atoms with Crippen molar-refractivity contribution in [3.63, 3.8) is 0 Å². The molecule has 0 saturated heterocycles. The van der Waals surface area contributed by atoms with Crippen LogP contribution in [-0.2, 0) is 10.6 Å². The van der Waals surface area contributed by atoms with E-state index in [1.54, 1.807) is 18.2 Å². The van der Waals surface area contributed by atoms with E-state index in [1.165, 1.54) is 0 Å². The van der Waals surface area contributed by atoms with Gasteiger partial charge in [-0.3, -0.25) is 0 Å². The summed E-state index contributed by atoms with van der Waals surface area (Å²) in [7, 11) is 0. The maximum Gasteiger partial charge on any atom is 0.411 e. The molecule has 0 fully saturated rings. The highest BCUT2D eigenvalue weighted by molar-refractivity contribution is 6.30. The molecule has 1 aromatic rings. The average Bonchev–Trinajstić information content (AvgIpc) is 2.28. The summed E-state index contributed by atoms with van der Waals surface area (Å²) in [5.74, 6) is 0.698. The van der Waals surface area contributed by atoms with Crippen LogP contribution in [0.15, 0.2) is 18.2 Å². The fraction of sp³-hybridized carbons (Fsp3) is 0.455. The summed E-state index contributed by atoms with van der Waals surface area (Å²) in [6.45, 7) is -1.41. The maximum absolute atomic E-state index is 11.8. The van der Waals surface area contributed by atoms with Crippen LogP contribution in [0.3, 0.4) is 0 Å². The van der Waals surface area contributed by atoms with Crippen LogP contribution >= 0.6 is 23.2 Å². The van der Waals surface area contributed by atoms with Gasteiger partial charge in [-0.25, -0.2) is 0 Å². The topological polar surface area (TPSA) is 18.5 Å². The van der Waals surface area contributed by atoms with Crippen molar-refractivity contribution in [1.82, 2.24) is 0 Å². The minimum absolute atomic E-state index is 0.0155. The maximum atomic E-state index is 11.8. The molecule has 0 bridgehead atoms. The summed E-state index contributed by atoms with van der Waals surface area (Å²) in [4.78, 5) is 0. The van der Waals surface area contributed by atoms with Gasteiger partial charge >= 0.3 is 6.18 Å². The molecule has 0 atom stereocenters. The van der Waals surface area contributed by atoms with Gasteiger partial charge in [0.05, 0.1) is 12.5 Å². The van der Waals surface area contributed by atoms with Gasteiger partial charge in [0.2, 0.25) is 0 Å². The molecule has 1 aromatic carbocycles. The zero-order chi connectivity index (χ0) is 13.6. The van der Waals surface area contributed by atoms with Crippen molar-refractivity contribution in [2.75, 3.05) is 19.8 Å². The molecule has 7 heteroatoms. The number of hydrogen-bond acceptors (Lipinski definition) is 2. The Labute approximate surface area is 113 Å². The highest BCUT2D eigenvalue weighted by atomic mass is 35.5. The zero-order valence-corrected chi connectivity index (χ0v) is 10.8. The van der Waals surface area contributed by atoms with E-state index >= 15 is 0 Å². The first kappa shape index (κ1) is 15.4. The Morgan fingerprint density at radius 2 is 1.89 bits per heavy atom. The van der Waals surface area contributed by atoms with Crippen molar-refractivity contribution >= 4 is 23.2 Å². The standard InChI is InChI=1S/C11H11Cl2F3O2/c12-6-8-5-9(13)1-2-10(8)18-4-3-17-7-11(14,15)16/h1-2,5H,3-4,6-7H2. The minimum Gasteiger partial charge on any atom is -0.491 e. The molecule has 0 spiro atoms. The lowest BCUT2D eigenvalue weighted by molar-refractivity contribution is -0.175. The van der Waals surface area contributed by atoms with Crippen LogP contribution in [0.2, 0.25) is 5.02 Å². The van der Waals surface area contributed by atoms with Gasteiger partial charge < -0.3 is 9.47 Å². The first-order valence-corrected chi connectivity index (χ1v) is 5.95. The minimum atomic E-state index is -4.32.